The van der Waals surface area contributed by atoms with Crippen LogP contribution in [0.5, 0.6) is 11.5 Å². The minimum Gasteiger partial charge on any atom is -0.493 e. The average Bonchev–Trinajstić information content (AvgIpc) is 3.23. The zero-order valence-corrected chi connectivity index (χ0v) is 24.2. The van der Waals surface area contributed by atoms with Crippen LogP contribution >= 0.6 is 15.9 Å². The molecule has 41 heavy (non-hydrogen) atoms. The zero-order valence-electron chi connectivity index (χ0n) is 22.6. The van der Waals surface area contributed by atoms with Crippen LogP contribution in [0.15, 0.2) is 89.0 Å². The highest BCUT2D eigenvalue weighted by atomic mass is 79.9. The Morgan fingerprint density at radius 2 is 1.73 bits per heavy atom. The van der Waals surface area contributed by atoms with Gasteiger partial charge in [-0.15, -0.1) is 0 Å². The fourth-order valence-electron chi connectivity index (χ4n) is 4.70. The number of nitrogens with zero attached hydrogens (tertiary/aromatic N) is 1. The van der Waals surface area contributed by atoms with Crippen LogP contribution in [0.2, 0.25) is 0 Å². The molecular formula is C32H28BrN3O5. The summed E-state index contributed by atoms with van der Waals surface area (Å²) < 4.78 is 12.4. The second-order valence-electron chi connectivity index (χ2n) is 9.40. The Morgan fingerprint density at radius 1 is 1.00 bits per heavy atom. The van der Waals surface area contributed by atoms with Crippen molar-refractivity contribution in [2.45, 2.75) is 20.0 Å². The number of urea groups is 1. The molecule has 4 amide bonds. The molecule has 1 heterocycles. The number of carbonyl (C=O) groups is 3. The van der Waals surface area contributed by atoms with E-state index in [9.17, 15) is 14.4 Å². The number of fused-ring (bicyclic) bond motifs is 1. The number of para-hydroxylation sites is 1. The lowest BCUT2D eigenvalue weighted by atomic mass is 10.1. The van der Waals surface area contributed by atoms with Gasteiger partial charge in [0.15, 0.2) is 11.5 Å². The molecule has 4 aromatic rings. The van der Waals surface area contributed by atoms with Gasteiger partial charge in [-0.05, 0) is 74.1 Å². The van der Waals surface area contributed by atoms with Crippen LogP contribution in [0.3, 0.4) is 0 Å². The van der Waals surface area contributed by atoms with Crippen LogP contribution in [-0.4, -0.2) is 36.4 Å². The normalized spacial score (nSPS) is 13.9. The topological polar surface area (TPSA) is 97.0 Å². The van der Waals surface area contributed by atoms with Crippen molar-refractivity contribution in [3.8, 4) is 11.5 Å². The van der Waals surface area contributed by atoms with Gasteiger partial charge in [0.05, 0.1) is 11.6 Å². The molecule has 2 N–H and O–H groups in total. The summed E-state index contributed by atoms with van der Waals surface area (Å²) in [5.41, 5.74) is 3.29. The molecule has 0 aromatic heterocycles. The third-order valence-electron chi connectivity index (χ3n) is 6.75. The predicted molar refractivity (Wildman–Crippen MR) is 162 cm³/mol. The molecule has 4 aromatic carbocycles. The first kappa shape index (κ1) is 27.9. The molecule has 0 aliphatic carbocycles. The SMILES string of the molecule is CCc1ccccc1NC(=O)CN1C(=O)N/C(=C\c2cc(Br)c(OCc3cccc4ccccc34)c(OC)c2)C1=O. The molecular weight excluding hydrogens is 586 g/mol. The molecule has 1 aliphatic heterocycles. The van der Waals surface area contributed by atoms with Crippen molar-refractivity contribution in [2.75, 3.05) is 19.0 Å². The number of benzene rings is 4. The molecule has 0 atom stereocenters. The summed E-state index contributed by atoms with van der Waals surface area (Å²) in [6.45, 7) is 1.90. The molecule has 5 rings (SSSR count). The van der Waals surface area contributed by atoms with E-state index in [-0.39, 0.29) is 5.70 Å². The van der Waals surface area contributed by atoms with E-state index in [2.05, 4.69) is 44.8 Å². The summed E-state index contributed by atoms with van der Waals surface area (Å²) in [5.74, 6) is -0.0999. The van der Waals surface area contributed by atoms with Crippen molar-refractivity contribution in [2.24, 2.45) is 0 Å². The quantitative estimate of drug-likeness (QED) is 0.171. The first-order chi connectivity index (χ1) is 19.9. The number of halogens is 1. The van der Waals surface area contributed by atoms with Crippen LogP contribution in [0.25, 0.3) is 16.8 Å². The van der Waals surface area contributed by atoms with E-state index >= 15 is 0 Å². The number of anilines is 1. The third kappa shape index (κ3) is 6.10. The van der Waals surface area contributed by atoms with E-state index in [1.807, 2.05) is 49.4 Å². The minimum atomic E-state index is -0.666. The molecule has 0 saturated carbocycles. The van der Waals surface area contributed by atoms with Gasteiger partial charge in [-0.1, -0.05) is 67.6 Å². The van der Waals surface area contributed by atoms with Gasteiger partial charge in [-0.25, -0.2) is 9.69 Å². The molecule has 9 heteroatoms. The number of methoxy groups -OCH3 is 1. The molecule has 0 unspecified atom stereocenters. The fraction of sp³-hybridized carbons (Fsp3) is 0.156. The van der Waals surface area contributed by atoms with E-state index in [0.29, 0.717) is 33.8 Å². The maximum absolute atomic E-state index is 13.0. The molecule has 1 fully saturated rings. The Labute approximate surface area is 246 Å². The highest BCUT2D eigenvalue weighted by molar-refractivity contribution is 9.10. The number of imide groups is 1. The van der Waals surface area contributed by atoms with Crippen LogP contribution in [0, 0.1) is 0 Å². The lowest BCUT2D eigenvalue weighted by molar-refractivity contribution is -0.127. The number of rotatable bonds is 9. The van der Waals surface area contributed by atoms with Gasteiger partial charge in [0.2, 0.25) is 5.91 Å². The smallest absolute Gasteiger partial charge is 0.329 e. The molecule has 0 radical (unpaired) electrons. The highest BCUT2D eigenvalue weighted by Gasteiger charge is 2.35. The Hall–Kier alpha value is -4.63. The molecule has 8 nitrogen and oxygen atoms in total. The number of hydrogen-bond acceptors (Lipinski definition) is 5. The lowest BCUT2D eigenvalue weighted by Gasteiger charge is -2.15. The van der Waals surface area contributed by atoms with Crippen molar-refractivity contribution in [1.82, 2.24) is 10.2 Å². The minimum absolute atomic E-state index is 0.0511. The van der Waals surface area contributed by atoms with E-state index in [1.54, 1.807) is 18.2 Å². The van der Waals surface area contributed by atoms with Gasteiger partial charge >= 0.3 is 6.03 Å². The Balaban J connectivity index is 1.30. The van der Waals surface area contributed by atoms with Crippen molar-refractivity contribution in [3.63, 3.8) is 0 Å². The second kappa shape index (κ2) is 12.3. The Bertz CT molecular complexity index is 1680. The number of amides is 4. The van der Waals surface area contributed by atoms with Crippen molar-refractivity contribution in [1.29, 1.82) is 0 Å². The van der Waals surface area contributed by atoms with Gasteiger partial charge in [0.1, 0.15) is 18.8 Å². The van der Waals surface area contributed by atoms with Gasteiger partial charge < -0.3 is 20.1 Å². The van der Waals surface area contributed by atoms with Crippen LogP contribution in [0.4, 0.5) is 10.5 Å². The Morgan fingerprint density at radius 3 is 2.54 bits per heavy atom. The standard InChI is InChI=1S/C32H28BrN3O5/c1-3-21-9-5-7-14-26(21)34-29(37)18-36-31(38)27(35-32(36)39)16-20-15-25(33)30(28(17-20)40-2)41-19-23-12-8-11-22-10-4-6-13-24(22)23/h4-17H,3,18-19H2,1-2H3,(H,34,37)(H,35,39)/b27-16-. The summed E-state index contributed by atoms with van der Waals surface area (Å²) in [6, 6.07) is 24.4. The fourth-order valence-corrected chi connectivity index (χ4v) is 5.27. The van der Waals surface area contributed by atoms with Crippen molar-refractivity contribution >= 4 is 56.3 Å². The first-order valence-electron chi connectivity index (χ1n) is 13.1. The van der Waals surface area contributed by atoms with Gasteiger partial charge in [-0.2, -0.15) is 0 Å². The van der Waals surface area contributed by atoms with E-state index in [1.165, 1.54) is 13.2 Å². The summed E-state index contributed by atoms with van der Waals surface area (Å²) in [7, 11) is 1.53. The lowest BCUT2D eigenvalue weighted by Crippen LogP contribution is -2.38. The highest BCUT2D eigenvalue weighted by Crippen LogP contribution is 2.38. The number of aryl methyl sites for hydroxylation is 1. The molecule has 0 bridgehead atoms. The number of nitrogens with one attached hydrogen (secondary N) is 2. The second-order valence-corrected chi connectivity index (χ2v) is 10.3. The average molecular weight is 614 g/mol. The van der Waals surface area contributed by atoms with E-state index in [0.717, 1.165) is 33.2 Å². The summed E-state index contributed by atoms with van der Waals surface area (Å²) in [5, 5.41) is 7.58. The Kier molecular flexibility index (Phi) is 8.35. The summed E-state index contributed by atoms with van der Waals surface area (Å²) >= 11 is 3.56. The largest absolute Gasteiger partial charge is 0.493 e. The number of hydrogen-bond donors (Lipinski definition) is 2. The van der Waals surface area contributed by atoms with Crippen LogP contribution < -0.4 is 20.1 Å². The van der Waals surface area contributed by atoms with Crippen molar-refractivity contribution in [3.05, 3.63) is 106 Å². The third-order valence-corrected chi connectivity index (χ3v) is 7.34. The predicted octanol–water partition coefficient (Wildman–Crippen LogP) is 6.28. The summed E-state index contributed by atoms with van der Waals surface area (Å²) in [6.07, 6.45) is 2.27. The van der Waals surface area contributed by atoms with Gasteiger partial charge in [0, 0.05) is 5.69 Å². The zero-order chi connectivity index (χ0) is 28.9. The van der Waals surface area contributed by atoms with Crippen LogP contribution in [0.1, 0.15) is 23.6 Å². The molecule has 0 spiro atoms. The monoisotopic (exact) mass is 613 g/mol. The van der Waals surface area contributed by atoms with Crippen molar-refractivity contribution < 1.29 is 23.9 Å². The molecule has 1 saturated heterocycles. The molecule has 208 valence electrons. The first-order valence-corrected chi connectivity index (χ1v) is 13.9. The number of carbonyl (C=O) groups excluding carboxylic acids is 3. The van der Waals surface area contributed by atoms with E-state index < -0.39 is 24.4 Å². The summed E-state index contributed by atoms with van der Waals surface area (Å²) in [4.78, 5) is 39.1. The molecule has 1 aliphatic rings. The van der Waals surface area contributed by atoms with Gasteiger partial charge in [0.25, 0.3) is 5.91 Å². The number of ether oxygens (including phenoxy) is 2. The van der Waals surface area contributed by atoms with Crippen LogP contribution in [-0.2, 0) is 22.6 Å². The van der Waals surface area contributed by atoms with Gasteiger partial charge in [-0.3, -0.25) is 9.59 Å². The van der Waals surface area contributed by atoms with E-state index in [4.69, 9.17) is 9.47 Å². The maximum atomic E-state index is 13.0. The maximum Gasteiger partial charge on any atom is 0.329 e.